The van der Waals surface area contributed by atoms with Gasteiger partial charge in [-0.2, -0.15) is 0 Å². The first-order valence-electron chi connectivity index (χ1n) is 4.71. The van der Waals surface area contributed by atoms with E-state index < -0.39 is 0 Å². The summed E-state index contributed by atoms with van der Waals surface area (Å²) in [6, 6.07) is 7.13. The van der Waals surface area contributed by atoms with Crippen molar-refractivity contribution in [2.24, 2.45) is 0 Å². The van der Waals surface area contributed by atoms with Crippen LogP contribution in [0, 0.1) is 0 Å². The van der Waals surface area contributed by atoms with Gasteiger partial charge in [-0.05, 0) is 29.4 Å². The molecule has 5 nitrogen and oxygen atoms in total. The highest BCUT2D eigenvalue weighted by Crippen LogP contribution is 2.16. The smallest absolute Gasteiger partial charge is 0.191 e. The molecule has 0 aliphatic rings. The van der Waals surface area contributed by atoms with Crippen LogP contribution < -0.4 is 10.5 Å². The number of benzene rings is 1. The van der Waals surface area contributed by atoms with Crippen LogP contribution in [0.3, 0.4) is 0 Å². The zero-order valence-corrected chi connectivity index (χ0v) is 9.15. The molecule has 0 spiro atoms. The molecule has 6 heteroatoms. The van der Waals surface area contributed by atoms with Crippen molar-refractivity contribution in [2.45, 2.75) is 6.42 Å². The second kappa shape index (κ2) is 4.85. The SMILES string of the molecule is Nc1nonc1CCOc1ccc(Cl)cc1. The van der Waals surface area contributed by atoms with Gasteiger partial charge in [-0.25, -0.2) is 4.63 Å². The predicted octanol–water partition coefficient (Wildman–Crippen LogP) is 1.93. The third-order valence-electron chi connectivity index (χ3n) is 2.01. The molecule has 1 heterocycles. The van der Waals surface area contributed by atoms with Crippen LogP contribution in [0.15, 0.2) is 28.9 Å². The molecule has 0 atom stereocenters. The number of rotatable bonds is 4. The number of aromatic nitrogens is 2. The number of hydrogen-bond donors (Lipinski definition) is 1. The molecule has 0 aliphatic carbocycles. The zero-order valence-electron chi connectivity index (χ0n) is 8.39. The van der Waals surface area contributed by atoms with Gasteiger partial charge in [-0.1, -0.05) is 16.8 Å². The second-order valence-corrected chi connectivity index (χ2v) is 3.58. The van der Waals surface area contributed by atoms with Crippen LogP contribution in [0.1, 0.15) is 5.69 Å². The van der Waals surface area contributed by atoms with Crippen molar-refractivity contribution in [3.63, 3.8) is 0 Å². The lowest BCUT2D eigenvalue weighted by Gasteiger charge is -2.04. The van der Waals surface area contributed by atoms with Crippen molar-refractivity contribution in [2.75, 3.05) is 12.3 Å². The maximum Gasteiger partial charge on any atom is 0.191 e. The molecule has 0 amide bonds. The van der Waals surface area contributed by atoms with Gasteiger partial charge >= 0.3 is 0 Å². The zero-order chi connectivity index (χ0) is 11.4. The summed E-state index contributed by atoms with van der Waals surface area (Å²) >= 11 is 5.74. The third-order valence-corrected chi connectivity index (χ3v) is 2.26. The topological polar surface area (TPSA) is 74.2 Å². The molecule has 2 N–H and O–H groups in total. The van der Waals surface area contributed by atoms with Crippen molar-refractivity contribution in [1.29, 1.82) is 0 Å². The van der Waals surface area contributed by atoms with Crippen LogP contribution in [-0.2, 0) is 6.42 Å². The van der Waals surface area contributed by atoms with Crippen LogP contribution in [0.25, 0.3) is 0 Å². The first-order chi connectivity index (χ1) is 7.75. The Morgan fingerprint density at radius 3 is 2.62 bits per heavy atom. The van der Waals surface area contributed by atoms with E-state index in [-0.39, 0.29) is 0 Å². The van der Waals surface area contributed by atoms with Crippen molar-refractivity contribution in [1.82, 2.24) is 10.3 Å². The maximum atomic E-state index is 5.74. The average Bonchev–Trinajstić information content (AvgIpc) is 2.68. The normalized spacial score (nSPS) is 10.3. The fourth-order valence-corrected chi connectivity index (χ4v) is 1.31. The molecule has 0 unspecified atom stereocenters. The second-order valence-electron chi connectivity index (χ2n) is 3.15. The van der Waals surface area contributed by atoms with Crippen molar-refractivity contribution in [3.8, 4) is 5.75 Å². The lowest BCUT2D eigenvalue weighted by atomic mass is 10.3. The van der Waals surface area contributed by atoms with E-state index in [0.717, 1.165) is 5.75 Å². The Hall–Kier alpha value is -1.75. The first kappa shape index (κ1) is 10.8. The molecule has 2 rings (SSSR count). The van der Waals surface area contributed by atoms with E-state index in [0.29, 0.717) is 29.6 Å². The van der Waals surface area contributed by atoms with Gasteiger partial charge in [-0.15, -0.1) is 0 Å². The number of nitrogens with zero attached hydrogens (tertiary/aromatic N) is 2. The van der Waals surface area contributed by atoms with Crippen molar-refractivity contribution >= 4 is 17.4 Å². The van der Waals surface area contributed by atoms with Crippen LogP contribution in [0.2, 0.25) is 5.02 Å². The Morgan fingerprint density at radius 2 is 2.00 bits per heavy atom. The molecule has 0 bridgehead atoms. The van der Waals surface area contributed by atoms with Crippen LogP contribution in [0.4, 0.5) is 5.82 Å². The molecule has 1 aromatic carbocycles. The highest BCUT2D eigenvalue weighted by molar-refractivity contribution is 6.30. The molecule has 2 aromatic rings. The predicted molar refractivity (Wildman–Crippen MR) is 59.4 cm³/mol. The first-order valence-corrected chi connectivity index (χ1v) is 5.09. The Kier molecular flexibility index (Phi) is 3.26. The molecule has 0 saturated carbocycles. The van der Waals surface area contributed by atoms with Gasteiger partial charge in [-0.3, -0.25) is 0 Å². The van der Waals surface area contributed by atoms with Crippen molar-refractivity contribution < 1.29 is 9.37 Å². The summed E-state index contributed by atoms with van der Waals surface area (Å²) in [5, 5.41) is 7.80. The molecular formula is C10H10ClN3O2. The van der Waals surface area contributed by atoms with Gasteiger partial charge in [0.2, 0.25) is 0 Å². The summed E-state index contributed by atoms with van der Waals surface area (Å²) in [4.78, 5) is 0. The van der Waals surface area contributed by atoms with E-state index in [4.69, 9.17) is 22.1 Å². The number of ether oxygens (including phenoxy) is 1. The summed E-state index contributed by atoms with van der Waals surface area (Å²) in [6.07, 6.45) is 0.554. The highest BCUT2D eigenvalue weighted by atomic mass is 35.5. The summed E-state index contributed by atoms with van der Waals surface area (Å²) in [5.41, 5.74) is 6.11. The number of halogens is 1. The van der Waals surface area contributed by atoms with Gasteiger partial charge in [0, 0.05) is 11.4 Å². The van der Waals surface area contributed by atoms with Gasteiger partial charge in [0.25, 0.3) is 0 Å². The number of nitrogens with two attached hydrogens (primary N) is 1. The Labute approximate surface area is 97.1 Å². The highest BCUT2D eigenvalue weighted by Gasteiger charge is 2.05. The minimum absolute atomic E-state index is 0.305. The summed E-state index contributed by atoms with van der Waals surface area (Å²) < 4.78 is 9.93. The Balaban J connectivity index is 1.84. The van der Waals surface area contributed by atoms with E-state index in [1.165, 1.54) is 0 Å². The van der Waals surface area contributed by atoms with Crippen molar-refractivity contribution in [3.05, 3.63) is 35.0 Å². The van der Waals surface area contributed by atoms with Crippen LogP contribution in [0.5, 0.6) is 5.75 Å². The molecular weight excluding hydrogens is 230 g/mol. The van der Waals surface area contributed by atoms with Gasteiger partial charge < -0.3 is 10.5 Å². The monoisotopic (exact) mass is 239 g/mol. The minimum Gasteiger partial charge on any atom is -0.493 e. The fraction of sp³-hybridized carbons (Fsp3) is 0.200. The fourth-order valence-electron chi connectivity index (χ4n) is 1.18. The van der Waals surface area contributed by atoms with E-state index in [9.17, 15) is 0 Å². The molecule has 0 fully saturated rings. The van der Waals surface area contributed by atoms with E-state index >= 15 is 0 Å². The molecule has 0 aliphatic heterocycles. The molecule has 84 valence electrons. The number of hydrogen-bond acceptors (Lipinski definition) is 5. The molecule has 16 heavy (non-hydrogen) atoms. The van der Waals surface area contributed by atoms with E-state index in [1.807, 2.05) is 0 Å². The van der Waals surface area contributed by atoms with Gasteiger partial charge in [0.15, 0.2) is 5.82 Å². The Bertz CT molecular complexity index is 455. The van der Waals surface area contributed by atoms with Gasteiger partial charge in [0.1, 0.15) is 11.4 Å². The number of nitrogen functional groups attached to an aromatic ring is 1. The standard InChI is InChI=1S/C10H10ClN3O2/c11-7-1-3-8(4-2-7)15-6-5-9-10(12)14-16-13-9/h1-4H,5-6H2,(H2,12,14). The van der Waals surface area contributed by atoms with Crippen LogP contribution >= 0.6 is 11.6 Å². The van der Waals surface area contributed by atoms with E-state index in [1.54, 1.807) is 24.3 Å². The molecule has 1 aromatic heterocycles. The van der Waals surface area contributed by atoms with E-state index in [2.05, 4.69) is 14.9 Å². The quantitative estimate of drug-likeness (QED) is 0.882. The molecule has 0 saturated heterocycles. The Morgan fingerprint density at radius 1 is 1.25 bits per heavy atom. The molecule has 0 radical (unpaired) electrons. The third kappa shape index (κ3) is 2.64. The number of anilines is 1. The summed E-state index contributed by atoms with van der Waals surface area (Å²) in [7, 11) is 0. The lowest BCUT2D eigenvalue weighted by Crippen LogP contribution is -2.03. The summed E-state index contributed by atoms with van der Waals surface area (Å²) in [5.74, 6) is 1.05. The van der Waals surface area contributed by atoms with Gasteiger partial charge in [0.05, 0.1) is 6.61 Å². The largest absolute Gasteiger partial charge is 0.493 e. The lowest BCUT2D eigenvalue weighted by molar-refractivity contribution is 0.293. The summed E-state index contributed by atoms with van der Waals surface area (Å²) in [6.45, 7) is 0.458. The average molecular weight is 240 g/mol. The van der Waals surface area contributed by atoms with Crippen LogP contribution in [-0.4, -0.2) is 16.9 Å². The maximum absolute atomic E-state index is 5.74. The minimum atomic E-state index is 0.305.